The van der Waals surface area contributed by atoms with Gasteiger partial charge in [-0.25, -0.2) is 12.8 Å². The number of halogens is 1. The molecule has 0 aromatic heterocycles. The number of likely N-dealkylation sites (tertiary alicyclic amines) is 1. The first-order chi connectivity index (χ1) is 14.2. The normalized spacial score (nSPS) is 19.6. The molecule has 0 bridgehead atoms. The first-order valence-electron chi connectivity index (χ1n) is 10.2. The predicted molar refractivity (Wildman–Crippen MR) is 110 cm³/mol. The summed E-state index contributed by atoms with van der Waals surface area (Å²) in [6.45, 7) is 4.49. The van der Waals surface area contributed by atoms with Crippen LogP contribution >= 0.6 is 0 Å². The molecule has 1 aromatic carbocycles. The third-order valence-electron chi connectivity index (χ3n) is 6.00. The zero-order chi connectivity index (χ0) is 21.9. The van der Waals surface area contributed by atoms with Crippen molar-refractivity contribution in [2.24, 2.45) is 0 Å². The Labute approximate surface area is 177 Å². The van der Waals surface area contributed by atoms with Gasteiger partial charge < -0.3 is 9.80 Å². The number of amides is 2. The molecule has 0 unspecified atom stereocenters. The maximum atomic E-state index is 13.1. The van der Waals surface area contributed by atoms with Crippen molar-refractivity contribution in [2.45, 2.75) is 30.7 Å². The third-order valence-corrected chi connectivity index (χ3v) is 7.92. The summed E-state index contributed by atoms with van der Waals surface area (Å²) in [4.78, 5) is 29.8. The molecular formula is C20H29FN4O4S. The predicted octanol–water partition coefficient (Wildman–Crippen LogP) is 0.601. The van der Waals surface area contributed by atoms with Crippen molar-refractivity contribution in [3.8, 4) is 0 Å². The van der Waals surface area contributed by atoms with Crippen molar-refractivity contribution in [3.05, 3.63) is 30.1 Å². The average Bonchev–Trinajstić information content (AvgIpc) is 2.74. The van der Waals surface area contributed by atoms with Gasteiger partial charge in [0.05, 0.1) is 11.4 Å². The summed E-state index contributed by atoms with van der Waals surface area (Å²) in [6, 6.07) is 4.99. The number of hydrogen-bond acceptors (Lipinski definition) is 5. The molecule has 30 heavy (non-hydrogen) atoms. The van der Waals surface area contributed by atoms with Crippen LogP contribution in [-0.2, 0) is 19.6 Å². The molecule has 2 fully saturated rings. The fourth-order valence-corrected chi connectivity index (χ4v) is 5.37. The SMILES string of the molecule is CC(=O)N(C)C1CCN(CC(=O)N2CCN(S(=O)(=O)c3ccc(F)cc3)CC2)CC1. The number of piperazine rings is 1. The Morgan fingerprint density at radius 2 is 1.60 bits per heavy atom. The number of sulfonamides is 1. The molecular weight excluding hydrogens is 411 g/mol. The van der Waals surface area contributed by atoms with Gasteiger partial charge in [-0.3, -0.25) is 14.5 Å². The van der Waals surface area contributed by atoms with Crippen LogP contribution in [0.2, 0.25) is 0 Å². The minimum atomic E-state index is -3.69. The maximum absolute atomic E-state index is 13.1. The van der Waals surface area contributed by atoms with E-state index < -0.39 is 15.8 Å². The Morgan fingerprint density at radius 3 is 2.13 bits per heavy atom. The molecule has 0 atom stereocenters. The molecule has 166 valence electrons. The summed E-state index contributed by atoms with van der Waals surface area (Å²) in [5.74, 6) is -0.438. The van der Waals surface area contributed by atoms with E-state index in [1.165, 1.54) is 16.4 Å². The molecule has 10 heteroatoms. The average molecular weight is 441 g/mol. The Balaban J connectivity index is 1.48. The fourth-order valence-electron chi connectivity index (χ4n) is 3.95. The Morgan fingerprint density at radius 1 is 1.03 bits per heavy atom. The third kappa shape index (κ3) is 5.16. The highest BCUT2D eigenvalue weighted by atomic mass is 32.2. The van der Waals surface area contributed by atoms with Crippen molar-refractivity contribution in [1.82, 2.24) is 19.0 Å². The number of carbonyl (C=O) groups is 2. The van der Waals surface area contributed by atoms with Gasteiger partial charge in [-0.1, -0.05) is 0 Å². The molecule has 0 aliphatic carbocycles. The van der Waals surface area contributed by atoms with Crippen molar-refractivity contribution in [1.29, 1.82) is 0 Å². The summed E-state index contributed by atoms with van der Waals surface area (Å²) < 4.78 is 39.8. The van der Waals surface area contributed by atoms with Gasteiger partial charge in [0.1, 0.15) is 5.82 Å². The first-order valence-corrected chi connectivity index (χ1v) is 11.6. The van der Waals surface area contributed by atoms with Gasteiger partial charge in [-0.05, 0) is 37.1 Å². The number of benzene rings is 1. The van der Waals surface area contributed by atoms with E-state index in [0.29, 0.717) is 19.6 Å². The quantitative estimate of drug-likeness (QED) is 0.670. The molecule has 1 aromatic rings. The van der Waals surface area contributed by atoms with E-state index in [0.717, 1.165) is 38.1 Å². The summed E-state index contributed by atoms with van der Waals surface area (Å²) >= 11 is 0. The highest BCUT2D eigenvalue weighted by molar-refractivity contribution is 7.89. The fraction of sp³-hybridized carbons (Fsp3) is 0.600. The molecule has 2 aliphatic rings. The minimum Gasteiger partial charge on any atom is -0.343 e. The molecule has 2 heterocycles. The number of hydrogen-bond donors (Lipinski definition) is 0. The molecule has 3 rings (SSSR count). The monoisotopic (exact) mass is 440 g/mol. The van der Waals surface area contributed by atoms with Gasteiger partial charge in [-0.15, -0.1) is 0 Å². The van der Waals surface area contributed by atoms with Crippen LogP contribution in [0, 0.1) is 5.82 Å². The van der Waals surface area contributed by atoms with Crippen molar-refractivity contribution < 1.29 is 22.4 Å². The van der Waals surface area contributed by atoms with E-state index in [4.69, 9.17) is 0 Å². The number of piperidine rings is 1. The lowest BCUT2D eigenvalue weighted by molar-refractivity contribution is -0.135. The number of carbonyl (C=O) groups excluding carboxylic acids is 2. The minimum absolute atomic E-state index is 0.00722. The van der Waals surface area contributed by atoms with Crippen LogP contribution in [0.1, 0.15) is 19.8 Å². The van der Waals surface area contributed by atoms with Crippen molar-refractivity contribution in [3.63, 3.8) is 0 Å². The second-order valence-corrected chi connectivity index (χ2v) is 9.81. The lowest BCUT2D eigenvalue weighted by Gasteiger charge is -2.38. The molecule has 2 aliphatic heterocycles. The number of nitrogens with zero attached hydrogens (tertiary/aromatic N) is 4. The molecule has 0 spiro atoms. The molecule has 2 amide bonds. The largest absolute Gasteiger partial charge is 0.343 e. The van der Waals surface area contributed by atoms with Gasteiger partial charge >= 0.3 is 0 Å². The van der Waals surface area contributed by atoms with Crippen molar-refractivity contribution >= 4 is 21.8 Å². The Bertz CT molecular complexity index is 861. The van der Waals surface area contributed by atoms with Gasteiger partial charge in [-0.2, -0.15) is 4.31 Å². The summed E-state index contributed by atoms with van der Waals surface area (Å²) in [7, 11) is -1.88. The maximum Gasteiger partial charge on any atom is 0.243 e. The van der Waals surface area contributed by atoms with Crippen LogP contribution < -0.4 is 0 Å². The van der Waals surface area contributed by atoms with Gasteiger partial charge in [0.2, 0.25) is 21.8 Å². The van der Waals surface area contributed by atoms with Crippen LogP contribution in [-0.4, -0.2) is 98.1 Å². The van der Waals surface area contributed by atoms with Crippen LogP contribution in [0.25, 0.3) is 0 Å². The van der Waals surface area contributed by atoms with Gasteiger partial charge in [0.15, 0.2) is 0 Å². The Kier molecular flexibility index (Phi) is 7.10. The van der Waals surface area contributed by atoms with E-state index in [1.807, 2.05) is 7.05 Å². The topological polar surface area (TPSA) is 81.2 Å². The van der Waals surface area contributed by atoms with Crippen molar-refractivity contribution in [2.75, 3.05) is 52.9 Å². The van der Waals surface area contributed by atoms with E-state index in [9.17, 15) is 22.4 Å². The summed E-state index contributed by atoms with van der Waals surface area (Å²) in [5.41, 5.74) is 0. The second-order valence-electron chi connectivity index (χ2n) is 7.88. The van der Waals surface area contributed by atoms with E-state index in [2.05, 4.69) is 4.90 Å². The van der Waals surface area contributed by atoms with E-state index in [-0.39, 0.29) is 35.8 Å². The zero-order valence-electron chi connectivity index (χ0n) is 17.5. The highest BCUT2D eigenvalue weighted by Gasteiger charge is 2.31. The molecule has 0 radical (unpaired) electrons. The Hall–Kier alpha value is -2.04. The lowest BCUT2D eigenvalue weighted by atomic mass is 10.0. The summed E-state index contributed by atoms with van der Waals surface area (Å²) in [5, 5.41) is 0. The molecule has 8 nitrogen and oxygen atoms in total. The summed E-state index contributed by atoms with van der Waals surface area (Å²) in [6.07, 6.45) is 1.68. The van der Waals surface area contributed by atoms with Gasteiger partial charge in [0.25, 0.3) is 0 Å². The second kappa shape index (κ2) is 9.40. The zero-order valence-corrected chi connectivity index (χ0v) is 18.3. The van der Waals surface area contributed by atoms with Crippen LogP contribution in [0.3, 0.4) is 0 Å². The van der Waals surface area contributed by atoms with E-state index in [1.54, 1.807) is 16.7 Å². The molecule has 0 saturated carbocycles. The first kappa shape index (κ1) is 22.6. The van der Waals surface area contributed by atoms with Gasteiger partial charge in [0, 0.05) is 59.3 Å². The van der Waals surface area contributed by atoms with E-state index >= 15 is 0 Å². The molecule has 2 saturated heterocycles. The smallest absolute Gasteiger partial charge is 0.243 e. The van der Waals surface area contributed by atoms with Crippen LogP contribution in [0.15, 0.2) is 29.2 Å². The number of rotatable bonds is 5. The van der Waals surface area contributed by atoms with Crippen LogP contribution in [0.4, 0.5) is 4.39 Å². The molecule has 0 N–H and O–H groups in total. The highest BCUT2D eigenvalue weighted by Crippen LogP contribution is 2.19. The standard InChI is InChI=1S/C20H29FN4O4S/c1-16(26)22(2)18-7-9-23(10-8-18)15-20(27)24-11-13-25(14-12-24)30(28,29)19-5-3-17(21)4-6-19/h3-6,18H,7-15H2,1-2H3. The lowest BCUT2D eigenvalue weighted by Crippen LogP contribution is -2.53. The van der Waals surface area contributed by atoms with Crippen LogP contribution in [0.5, 0.6) is 0 Å².